The standard InChI is InChI=1S/C24H28FN3O3/c1-17-2-3-19(14-21(17)25)23(30)28-15-20(24(16-28)7-12-31-13-8-24)22(29)27-11-6-18-4-9-26-10-5-18/h2-5,9-10,14,20H,6-8,11-13,15-16H2,1H3,(H,27,29). The summed E-state index contributed by atoms with van der Waals surface area (Å²) in [5, 5.41) is 3.06. The Bertz CT molecular complexity index is 944. The van der Waals surface area contributed by atoms with Crippen molar-refractivity contribution in [2.45, 2.75) is 26.2 Å². The minimum Gasteiger partial charge on any atom is -0.381 e. The van der Waals surface area contributed by atoms with Crippen LogP contribution in [-0.2, 0) is 16.0 Å². The van der Waals surface area contributed by atoms with E-state index in [4.69, 9.17) is 4.74 Å². The van der Waals surface area contributed by atoms with Gasteiger partial charge in [-0.3, -0.25) is 14.6 Å². The molecular formula is C24H28FN3O3. The molecule has 164 valence electrons. The summed E-state index contributed by atoms with van der Waals surface area (Å²) in [6, 6.07) is 8.42. The van der Waals surface area contributed by atoms with Crippen LogP contribution in [0.4, 0.5) is 4.39 Å². The number of carbonyl (C=O) groups is 2. The lowest BCUT2D eigenvalue weighted by Crippen LogP contribution is -2.44. The van der Waals surface area contributed by atoms with E-state index < -0.39 is 5.82 Å². The number of rotatable bonds is 5. The number of pyridine rings is 1. The molecule has 0 aliphatic carbocycles. The van der Waals surface area contributed by atoms with Gasteiger partial charge in [-0.15, -0.1) is 0 Å². The van der Waals surface area contributed by atoms with Gasteiger partial charge in [-0.25, -0.2) is 4.39 Å². The summed E-state index contributed by atoms with van der Waals surface area (Å²) in [4.78, 5) is 32.0. The number of halogens is 1. The number of nitrogens with zero attached hydrogens (tertiary/aromatic N) is 2. The topological polar surface area (TPSA) is 71.5 Å². The average molecular weight is 426 g/mol. The minimum absolute atomic E-state index is 0.0265. The fraction of sp³-hybridized carbons (Fsp3) is 0.458. The number of amides is 2. The third-order valence-electron chi connectivity index (χ3n) is 6.62. The van der Waals surface area contributed by atoms with E-state index in [-0.39, 0.29) is 23.1 Å². The number of benzene rings is 1. The summed E-state index contributed by atoms with van der Waals surface area (Å²) < 4.78 is 19.5. The maximum atomic E-state index is 14.0. The first-order chi connectivity index (χ1) is 15.0. The summed E-state index contributed by atoms with van der Waals surface area (Å²) in [6.07, 6.45) is 5.68. The Hall–Kier alpha value is -2.80. The first-order valence-corrected chi connectivity index (χ1v) is 10.8. The second-order valence-electron chi connectivity index (χ2n) is 8.57. The highest BCUT2D eigenvalue weighted by atomic mass is 19.1. The molecule has 31 heavy (non-hydrogen) atoms. The lowest BCUT2D eigenvalue weighted by molar-refractivity contribution is -0.129. The lowest BCUT2D eigenvalue weighted by atomic mass is 9.71. The summed E-state index contributed by atoms with van der Waals surface area (Å²) >= 11 is 0. The fourth-order valence-corrected chi connectivity index (χ4v) is 4.68. The van der Waals surface area contributed by atoms with Crippen LogP contribution in [0.15, 0.2) is 42.7 Å². The van der Waals surface area contributed by atoms with Crippen LogP contribution in [0.2, 0.25) is 0 Å². The van der Waals surface area contributed by atoms with Crippen molar-refractivity contribution in [2.24, 2.45) is 11.3 Å². The van der Waals surface area contributed by atoms with E-state index in [9.17, 15) is 14.0 Å². The van der Waals surface area contributed by atoms with Crippen LogP contribution in [0, 0.1) is 24.1 Å². The highest BCUT2D eigenvalue weighted by molar-refractivity contribution is 5.95. The van der Waals surface area contributed by atoms with Crippen LogP contribution in [0.25, 0.3) is 0 Å². The van der Waals surface area contributed by atoms with Crippen LogP contribution >= 0.6 is 0 Å². The van der Waals surface area contributed by atoms with Crippen LogP contribution < -0.4 is 5.32 Å². The van der Waals surface area contributed by atoms with Crippen LogP contribution in [0.3, 0.4) is 0 Å². The molecule has 2 aliphatic rings. The maximum absolute atomic E-state index is 14.0. The van der Waals surface area contributed by atoms with E-state index in [1.165, 1.54) is 6.07 Å². The van der Waals surface area contributed by atoms with Gasteiger partial charge in [-0.1, -0.05) is 6.07 Å². The maximum Gasteiger partial charge on any atom is 0.253 e. The van der Waals surface area contributed by atoms with Crippen LogP contribution in [-0.4, -0.2) is 54.5 Å². The number of carbonyl (C=O) groups excluding carboxylic acids is 2. The Morgan fingerprint density at radius 1 is 1.23 bits per heavy atom. The average Bonchev–Trinajstić information content (AvgIpc) is 3.15. The van der Waals surface area contributed by atoms with Gasteiger partial charge in [0.05, 0.1) is 5.92 Å². The van der Waals surface area contributed by atoms with Crippen molar-refractivity contribution in [1.82, 2.24) is 15.2 Å². The number of hydrogen-bond donors (Lipinski definition) is 1. The molecule has 2 aliphatic heterocycles. The van der Waals surface area contributed by atoms with Crippen LogP contribution in [0.5, 0.6) is 0 Å². The Balaban J connectivity index is 1.46. The number of likely N-dealkylation sites (tertiary alicyclic amines) is 1. The van der Waals surface area contributed by atoms with Crippen LogP contribution in [0.1, 0.15) is 34.3 Å². The zero-order valence-corrected chi connectivity index (χ0v) is 17.8. The van der Waals surface area contributed by atoms with E-state index in [1.54, 1.807) is 36.4 Å². The quantitative estimate of drug-likeness (QED) is 0.800. The predicted octanol–water partition coefficient (Wildman–Crippen LogP) is 2.76. The Kier molecular flexibility index (Phi) is 6.32. The second kappa shape index (κ2) is 9.14. The van der Waals surface area contributed by atoms with Crippen molar-refractivity contribution in [3.8, 4) is 0 Å². The Morgan fingerprint density at radius 3 is 2.68 bits per heavy atom. The molecule has 2 fully saturated rings. The van der Waals surface area contributed by atoms with E-state index in [0.29, 0.717) is 44.0 Å². The summed E-state index contributed by atoms with van der Waals surface area (Å²) in [7, 11) is 0. The summed E-state index contributed by atoms with van der Waals surface area (Å²) in [5.74, 6) is -0.942. The van der Waals surface area contributed by atoms with E-state index >= 15 is 0 Å². The molecule has 1 unspecified atom stereocenters. The zero-order valence-electron chi connectivity index (χ0n) is 17.8. The Labute approximate surface area is 181 Å². The minimum atomic E-state index is -0.392. The largest absolute Gasteiger partial charge is 0.381 e. The molecule has 3 heterocycles. The third kappa shape index (κ3) is 4.61. The van der Waals surface area contributed by atoms with Crippen molar-refractivity contribution in [1.29, 1.82) is 0 Å². The Morgan fingerprint density at radius 2 is 1.97 bits per heavy atom. The zero-order chi connectivity index (χ0) is 21.8. The first kappa shape index (κ1) is 21.4. The SMILES string of the molecule is Cc1ccc(C(=O)N2CC(C(=O)NCCc3ccncc3)C3(CCOCC3)C2)cc1F. The van der Waals surface area contributed by atoms with Gasteiger partial charge in [-0.05, 0) is 61.6 Å². The molecule has 1 N–H and O–H groups in total. The van der Waals surface area contributed by atoms with E-state index in [1.807, 2.05) is 12.1 Å². The molecular weight excluding hydrogens is 397 g/mol. The molecule has 0 radical (unpaired) electrons. The molecule has 1 aromatic heterocycles. The number of aromatic nitrogens is 1. The lowest BCUT2D eigenvalue weighted by Gasteiger charge is -2.37. The van der Waals surface area contributed by atoms with E-state index in [0.717, 1.165) is 24.8 Å². The van der Waals surface area contributed by atoms with E-state index in [2.05, 4.69) is 10.3 Å². The van der Waals surface area contributed by atoms with Crippen molar-refractivity contribution >= 4 is 11.8 Å². The highest BCUT2D eigenvalue weighted by Gasteiger charge is 2.51. The predicted molar refractivity (Wildman–Crippen MR) is 114 cm³/mol. The molecule has 1 aromatic carbocycles. The smallest absolute Gasteiger partial charge is 0.253 e. The van der Waals surface area contributed by atoms with Gasteiger partial charge >= 0.3 is 0 Å². The first-order valence-electron chi connectivity index (χ1n) is 10.8. The molecule has 2 amide bonds. The molecule has 1 spiro atoms. The monoisotopic (exact) mass is 425 g/mol. The van der Waals surface area contributed by atoms with Gasteiger partial charge < -0.3 is 15.0 Å². The highest BCUT2D eigenvalue weighted by Crippen LogP contribution is 2.44. The second-order valence-corrected chi connectivity index (χ2v) is 8.57. The molecule has 7 heteroatoms. The molecule has 0 saturated carbocycles. The summed E-state index contributed by atoms with van der Waals surface area (Å²) in [6.45, 7) is 4.21. The van der Waals surface area contributed by atoms with Crippen molar-refractivity contribution in [3.05, 3.63) is 65.2 Å². The van der Waals surface area contributed by atoms with Crippen molar-refractivity contribution in [3.63, 3.8) is 0 Å². The van der Waals surface area contributed by atoms with Gasteiger partial charge in [0.25, 0.3) is 5.91 Å². The van der Waals surface area contributed by atoms with Gasteiger partial charge in [0.15, 0.2) is 0 Å². The molecule has 2 aromatic rings. The fourth-order valence-electron chi connectivity index (χ4n) is 4.68. The molecule has 2 saturated heterocycles. The molecule has 0 bridgehead atoms. The molecule has 4 rings (SSSR count). The van der Waals surface area contributed by atoms with Gasteiger partial charge in [0, 0.05) is 56.2 Å². The number of ether oxygens (including phenoxy) is 1. The summed E-state index contributed by atoms with van der Waals surface area (Å²) in [5.41, 5.74) is 1.65. The normalized spacial score (nSPS) is 20.1. The van der Waals surface area contributed by atoms with Gasteiger partial charge in [0.2, 0.25) is 5.91 Å². The third-order valence-corrected chi connectivity index (χ3v) is 6.62. The number of hydrogen-bond acceptors (Lipinski definition) is 4. The van der Waals surface area contributed by atoms with Gasteiger partial charge in [0.1, 0.15) is 5.82 Å². The number of aryl methyl sites for hydroxylation is 1. The van der Waals surface area contributed by atoms with Crippen molar-refractivity contribution in [2.75, 3.05) is 32.8 Å². The molecule has 1 atom stereocenters. The van der Waals surface area contributed by atoms with Crippen molar-refractivity contribution < 1.29 is 18.7 Å². The van der Waals surface area contributed by atoms with Gasteiger partial charge in [-0.2, -0.15) is 0 Å². The molecule has 6 nitrogen and oxygen atoms in total. The number of nitrogens with one attached hydrogen (secondary N) is 1.